The summed E-state index contributed by atoms with van der Waals surface area (Å²) < 4.78 is 7.68. The summed E-state index contributed by atoms with van der Waals surface area (Å²) in [5, 5.41) is 13.2. The molecule has 1 heterocycles. The van der Waals surface area contributed by atoms with Crippen molar-refractivity contribution in [3.8, 4) is 11.8 Å². The van der Waals surface area contributed by atoms with Gasteiger partial charge in [0.2, 0.25) is 0 Å². The van der Waals surface area contributed by atoms with Gasteiger partial charge in [-0.3, -0.25) is 4.68 Å². The first-order valence-corrected chi connectivity index (χ1v) is 6.45. The van der Waals surface area contributed by atoms with Crippen LogP contribution in [0.4, 0.5) is 0 Å². The molecule has 4 heteroatoms. The molecule has 0 amide bonds. The molecule has 2 aromatic rings. The topological polar surface area (TPSA) is 50.8 Å². The summed E-state index contributed by atoms with van der Waals surface area (Å²) >= 11 is 0. The Morgan fingerprint density at radius 1 is 1.26 bits per heavy atom. The molecule has 98 valence electrons. The zero-order valence-corrected chi connectivity index (χ0v) is 11.3. The maximum absolute atomic E-state index is 8.73. The Morgan fingerprint density at radius 3 is 2.58 bits per heavy atom. The van der Waals surface area contributed by atoms with E-state index in [-0.39, 0.29) is 0 Å². The average molecular weight is 255 g/mol. The Balaban J connectivity index is 2.05. The van der Waals surface area contributed by atoms with Gasteiger partial charge in [0, 0.05) is 6.54 Å². The molecule has 0 radical (unpaired) electrons. The predicted molar refractivity (Wildman–Crippen MR) is 72.8 cm³/mol. The minimum Gasteiger partial charge on any atom is -0.487 e. The van der Waals surface area contributed by atoms with Crippen LogP contribution in [0.1, 0.15) is 30.8 Å². The molecule has 1 aromatic heterocycles. The van der Waals surface area contributed by atoms with Gasteiger partial charge in [-0.2, -0.15) is 10.4 Å². The zero-order valence-electron chi connectivity index (χ0n) is 11.3. The molecule has 0 saturated heterocycles. The van der Waals surface area contributed by atoms with Gasteiger partial charge in [-0.1, -0.05) is 6.92 Å². The Labute approximate surface area is 113 Å². The van der Waals surface area contributed by atoms with Crippen molar-refractivity contribution in [1.82, 2.24) is 9.78 Å². The van der Waals surface area contributed by atoms with Crippen LogP contribution in [-0.4, -0.2) is 9.78 Å². The summed E-state index contributed by atoms with van der Waals surface area (Å²) in [5.74, 6) is 0.765. The molecule has 0 fully saturated rings. The lowest BCUT2D eigenvalue weighted by Crippen LogP contribution is -2.06. The average Bonchev–Trinajstić information content (AvgIpc) is 2.88. The van der Waals surface area contributed by atoms with Crippen LogP contribution in [-0.2, 0) is 19.6 Å². The molecule has 0 saturated carbocycles. The van der Waals surface area contributed by atoms with Crippen molar-refractivity contribution >= 4 is 0 Å². The number of aryl methyl sites for hydroxylation is 2. The van der Waals surface area contributed by atoms with E-state index in [9.17, 15) is 0 Å². The molecular formula is C15H17N3O. The molecule has 0 aliphatic carbocycles. The summed E-state index contributed by atoms with van der Waals surface area (Å²) in [7, 11) is 0. The van der Waals surface area contributed by atoms with Crippen molar-refractivity contribution in [2.45, 2.75) is 33.4 Å². The van der Waals surface area contributed by atoms with Gasteiger partial charge in [0.25, 0.3) is 0 Å². The molecule has 0 spiro atoms. The smallest absolute Gasteiger partial charge is 0.130 e. The summed E-state index contributed by atoms with van der Waals surface area (Å²) in [6, 6.07) is 11.3. The highest BCUT2D eigenvalue weighted by Gasteiger charge is 2.06. The number of hydrogen-bond acceptors (Lipinski definition) is 3. The Morgan fingerprint density at radius 2 is 2.00 bits per heavy atom. The summed E-state index contributed by atoms with van der Waals surface area (Å²) in [5.41, 5.74) is 2.79. The quantitative estimate of drug-likeness (QED) is 0.825. The lowest BCUT2D eigenvalue weighted by atomic mass is 10.2. The van der Waals surface area contributed by atoms with Crippen molar-refractivity contribution < 1.29 is 4.74 Å². The molecule has 19 heavy (non-hydrogen) atoms. The van der Waals surface area contributed by atoms with Crippen LogP contribution >= 0.6 is 0 Å². The molecule has 0 atom stereocenters. The van der Waals surface area contributed by atoms with Crippen LogP contribution in [0.3, 0.4) is 0 Å². The lowest BCUT2D eigenvalue weighted by Gasteiger charge is -2.07. The monoisotopic (exact) mass is 255 g/mol. The van der Waals surface area contributed by atoms with Crippen LogP contribution in [0, 0.1) is 11.3 Å². The molecule has 0 bridgehead atoms. The Hall–Kier alpha value is -2.28. The summed E-state index contributed by atoms with van der Waals surface area (Å²) in [6.07, 6.45) is 0.927. The van der Waals surface area contributed by atoms with E-state index in [1.165, 1.54) is 0 Å². The number of benzene rings is 1. The SMILES string of the molecule is CCc1cc(COc2ccc(C#N)cc2)n(CC)n1. The van der Waals surface area contributed by atoms with Gasteiger partial charge >= 0.3 is 0 Å². The lowest BCUT2D eigenvalue weighted by molar-refractivity contribution is 0.292. The second-order valence-corrected chi connectivity index (χ2v) is 4.22. The van der Waals surface area contributed by atoms with E-state index in [4.69, 9.17) is 10.00 Å². The number of nitrogens with zero attached hydrogens (tertiary/aromatic N) is 3. The third-order valence-electron chi connectivity index (χ3n) is 2.95. The molecule has 1 aromatic carbocycles. The molecule has 0 N–H and O–H groups in total. The Kier molecular flexibility index (Phi) is 4.19. The second kappa shape index (κ2) is 6.05. The standard InChI is InChI=1S/C15H17N3O/c1-3-13-9-14(18(4-2)17-13)11-19-15-7-5-12(10-16)6-8-15/h5-9H,3-4,11H2,1-2H3. The van der Waals surface area contributed by atoms with Gasteiger partial charge in [-0.25, -0.2) is 0 Å². The van der Waals surface area contributed by atoms with Gasteiger partial charge in [0.1, 0.15) is 12.4 Å². The third-order valence-corrected chi connectivity index (χ3v) is 2.95. The van der Waals surface area contributed by atoms with Crippen molar-refractivity contribution in [3.63, 3.8) is 0 Å². The van der Waals surface area contributed by atoms with Crippen molar-refractivity contribution in [2.24, 2.45) is 0 Å². The highest BCUT2D eigenvalue weighted by Crippen LogP contribution is 2.14. The number of hydrogen-bond donors (Lipinski definition) is 0. The summed E-state index contributed by atoms with van der Waals surface area (Å²) in [6.45, 7) is 5.49. The van der Waals surface area contributed by atoms with Gasteiger partial charge in [0.05, 0.1) is 23.0 Å². The number of nitriles is 1. The maximum Gasteiger partial charge on any atom is 0.130 e. The van der Waals surface area contributed by atoms with Gasteiger partial charge < -0.3 is 4.74 Å². The normalized spacial score (nSPS) is 10.2. The van der Waals surface area contributed by atoms with Gasteiger partial charge in [-0.05, 0) is 43.7 Å². The molecular weight excluding hydrogens is 238 g/mol. The highest BCUT2D eigenvalue weighted by molar-refractivity contribution is 5.34. The second-order valence-electron chi connectivity index (χ2n) is 4.22. The van der Waals surface area contributed by atoms with Crippen molar-refractivity contribution in [1.29, 1.82) is 5.26 Å². The Bertz CT molecular complexity index is 578. The zero-order chi connectivity index (χ0) is 13.7. The van der Waals surface area contributed by atoms with Crippen LogP contribution in [0.5, 0.6) is 5.75 Å². The fraction of sp³-hybridized carbons (Fsp3) is 0.333. The first kappa shape index (κ1) is 13.2. The van der Waals surface area contributed by atoms with Crippen LogP contribution in [0.2, 0.25) is 0 Å². The first-order valence-electron chi connectivity index (χ1n) is 6.45. The summed E-state index contributed by atoms with van der Waals surface area (Å²) in [4.78, 5) is 0. The molecule has 0 aliphatic heterocycles. The van der Waals surface area contributed by atoms with E-state index in [0.717, 1.165) is 30.1 Å². The largest absolute Gasteiger partial charge is 0.487 e. The van der Waals surface area contributed by atoms with Crippen molar-refractivity contribution in [2.75, 3.05) is 0 Å². The van der Waals surface area contributed by atoms with Gasteiger partial charge in [0.15, 0.2) is 0 Å². The molecule has 2 rings (SSSR count). The molecule has 0 aliphatic rings. The van der Waals surface area contributed by atoms with Crippen LogP contribution < -0.4 is 4.74 Å². The fourth-order valence-electron chi connectivity index (χ4n) is 1.86. The third kappa shape index (κ3) is 3.14. The van der Waals surface area contributed by atoms with E-state index in [1.54, 1.807) is 12.1 Å². The fourth-order valence-corrected chi connectivity index (χ4v) is 1.86. The number of rotatable bonds is 5. The van der Waals surface area contributed by atoms with E-state index in [0.29, 0.717) is 12.2 Å². The minimum absolute atomic E-state index is 0.493. The van der Waals surface area contributed by atoms with E-state index >= 15 is 0 Å². The van der Waals surface area contributed by atoms with E-state index in [2.05, 4.69) is 31.1 Å². The molecule has 0 unspecified atom stereocenters. The minimum atomic E-state index is 0.493. The predicted octanol–water partition coefficient (Wildman–Crippen LogP) is 2.92. The van der Waals surface area contributed by atoms with E-state index in [1.807, 2.05) is 16.8 Å². The van der Waals surface area contributed by atoms with Crippen molar-refractivity contribution in [3.05, 3.63) is 47.3 Å². The van der Waals surface area contributed by atoms with E-state index < -0.39 is 0 Å². The van der Waals surface area contributed by atoms with Gasteiger partial charge in [-0.15, -0.1) is 0 Å². The maximum atomic E-state index is 8.73. The number of aromatic nitrogens is 2. The molecule has 4 nitrogen and oxygen atoms in total. The van der Waals surface area contributed by atoms with Crippen LogP contribution in [0.15, 0.2) is 30.3 Å². The van der Waals surface area contributed by atoms with Crippen LogP contribution in [0.25, 0.3) is 0 Å². The number of ether oxygens (including phenoxy) is 1. The highest BCUT2D eigenvalue weighted by atomic mass is 16.5. The first-order chi connectivity index (χ1) is 9.26.